The van der Waals surface area contributed by atoms with Gasteiger partial charge in [-0.2, -0.15) is 0 Å². The van der Waals surface area contributed by atoms with Crippen LogP contribution in [0.5, 0.6) is 0 Å². The van der Waals surface area contributed by atoms with Crippen molar-refractivity contribution in [2.45, 2.75) is 13.5 Å². The number of aryl methyl sites for hydroxylation is 1. The Hall–Kier alpha value is -1.13. The van der Waals surface area contributed by atoms with Crippen LogP contribution in [0.1, 0.15) is 11.3 Å². The molecule has 0 saturated carbocycles. The number of aromatic nitrogens is 1. The first-order valence-electron chi connectivity index (χ1n) is 4.52. The molecule has 1 aromatic heterocycles. The molecule has 15 heavy (non-hydrogen) atoms. The molecule has 0 aliphatic carbocycles. The highest BCUT2D eigenvalue weighted by atomic mass is 79.9. The van der Waals surface area contributed by atoms with Crippen LogP contribution in [0.3, 0.4) is 0 Å². The molecule has 0 amide bonds. The third-order valence-corrected chi connectivity index (χ3v) is 2.73. The standard InChI is InChI=1S/C11H10BrNO2/c1-7-2-3-8(12)4-9(7)11-10(5-14)13-6-15-11/h2-4,6,14H,5H2,1H3. The molecule has 0 unspecified atom stereocenters. The van der Waals surface area contributed by atoms with Crippen LogP contribution < -0.4 is 0 Å². The number of aliphatic hydroxyl groups excluding tert-OH is 1. The lowest BCUT2D eigenvalue weighted by atomic mass is 10.1. The maximum atomic E-state index is 9.09. The summed E-state index contributed by atoms with van der Waals surface area (Å²) >= 11 is 3.40. The fraction of sp³-hybridized carbons (Fsp3) is 0.182. The van der Waals surface area contributed by atoms with Crippen molar-refractivity contribution in [2.24, 2.45) is 0 Å². The summed E-state index contributed by atoms with van der Waals surface area (Å²) in [7, 11) is 0. The molecule has 1 N–H and O–H groups in total. The van der Waals surface area contributed by atoms with E-state index >= 15 is 0 Å². The summed E-state index contributed by atoms with van der Waals surface area (Å²) in [6, 6.07) is 5.91. The van der Waals surface area contributed by atoms with Gasteiger partial charge in [-0.3, -0.25) is 0 Å². The second-order valence-corrected chi connectivity index (χ2v) is 4.16. The Kier molecular flexibility index (Phi) is 2.88. The average molecular weight is 268 g/mol. The van der Waals surface area contributed by atoms with E-state index in [1.165, 1.54) is 6.39 Å². The Labute approximate surface area is 95.9 Å². The van der Waals surface area contributed by atoms with E-state index in [1.54, 1.807) is 0 Å². The van der Waals surface area contributed by atoms with Gasteiger partial charge in [-0.15, -0.1) is 0 Å². The molecule has 78 valence electrons. The predicted octanol–water partition coefficient (Wildman–Crippen LogP) is 2.90. The Morgan fingerprint density at radius 2 is 2.27 bits per heavy atom. The zero-order chi connectivity index (χ0) is 10.8. The van der Waals surface area contributed by atoms with E-state index in [9.17, 15) is 0 Å². The number of nitrogens with zero attached hydrogens (tertiary/aromatic N) is 1. The Morgan fingerprint density at radius 1 is 1.47 bits per heavy atom. The van der Waals surface area contributed by atoms with Gasteiger partial charge in [0.1, 0.15) is 5.69 Å². The van der Waals surface area contributed by atoms with E-state index in [-0.39, 0.29) is 6.61 Å². The zero-order valence-electron chi connectivity index (χ0n) is 8.20. The lowest BCUT2D eigenvalue weighted by molar-refractivity contribution is 0.277. The number of halogens is 1. The normalized spacial score (nSPS) is 10.6. The summed E-state index contributed by atoms with van der Waals surface area (Å²) in [6.45, 7) is 1.88. The Balaban J connectivity index is 2.58. The second kappa shape index (κ2) is 4.16. The van der Waals surface area contributed by atoms with Gasteiger partial charge in [0.15, 0.2) is 12.2 Å². The monoisotopic (exact) mass is 267 g/mol. The number of rotatable bonds is 2. The lowest BCUT2D eigenvalue weighted by Crippen LogP contribution is -1.89. The fourth-order valence-electron chi connectivity index (χ4n) is 1.44. The van der Waals surface area contributed by atoms with E-state index in [2.05, 4.69) is 20.9 Å². The first-order chi connectivity index (χ1) is 7.22. The highest BCUT2D eigenvalue weighted by Crippen LogP contribution is 2.29. The van der Waals surface area contributed by atoms with E-state index in [4.69, 9.17) is 9.52 Å². The van der Waals surface area contributed by atoms with Gasteiger partial charge in [-0.25, -0.2) is 4.98 Å². The molecule has 0 saturated heterocycles. The van der Waals surface area contributed by atoms with Gasteiger partial charge in [0, 0.05) is 10.0 Å². The number of hydrogen-bond donors (Lipinski definition) is 1. The molecule has 4 heteroatoms. The molecule has 1 aromatic carbocycles. The third-order valence-electron chi connectivity index (χ3n) is 2.24. The van der Waals surface area contributed by atoms with Gasteiger partial charge in [0.05, 0.1) is 6.61 Å². The van der Waals surface area contributed by atoms with Crippen molar-refractivity contribution < 1.29 is 9.52 Å². The topological polar surface area (TPSA) is 46.3 Å². The third kappa shape index (κ3) is 1.96. The molecule has 3 nitrogen and oxygen atoms in total. The number of hydrogen-bond acceptors (Lipinski definition) is 3. The van der Waals surface area contributed by atoms with Crippen LogP contribution in [0.2, 0.25) is 0 Å². The maximum absolute atomic E-state index is 9.09. The highest BCUT2D eigenvalue weighted by molar-refractivity contribution is 9.10. The van der Waals surface area contributed by atoms with Crippen LogP contribution >= 0.6 is 15.9 Å². The summed E-state index contributed by atoms with van der Waals surface area (Å²) in [5.41, 5.74) is 2.60. The molecule has 1 heterocycles. The smallest absolute Gasteiger partial charge is 0.181 e. The molecular formula is C11H10BrNO2. The van der Waals surface area contributed by atoms with Gasteiger partial charge in [-0.1, -0.05) is 22.0 Å². The summed E-state index contributed by atoms with van der Waals surface area (Å²) in [4.78, 5) is 3.95. The minimum atomic E-state index is -0.113. The summed E-state index contributed by atoms with van der Waals surface area (Å²) in [5.74, 6) is 0.635. The number of benzene rings is 1. The first-order valence-corrected chi connectivity index (χ1v) is 5.31. The molecule has 0 spiro atoms. The fourth-order valence-corrected chi connectivity index (χ4v) is 1.80. The molecule has 0 aliphatic rings. The quantitative estimate of drug-likeness (QED) is 0.910. The Morgan fingerprint density at radius 3 is 3.00 bits per heavy atom. The first kappa shape index (κ1) is 10.4. The van der Waals surface area contributed by atoms with Crippen LogP contribution in [0.15, 0.2) is 33.5 Å². The minimum Gasteiger partial charge on any atom is -0.443 e. The largest absolute Gasteiger partial charge is 0.443 e. The van der Waals surface area contributed by atoms with Crippen LogP contribution in [-0.4, -0.2) is 10.1 Å². The van der Waals surface area contributed by atoms with E-state index in [0.29, 0.717) is 11.5 Å². The van der Waals surface area contributed by atoms with Crippen molar-refractivity contribution in [3.05, 3.63) is 40.3 Å². The average Bonchev–Trinajstić information content (AvgIpc) is 2.69. The lowest BCUT2D eigenvalue weighted by Gasteiger charge is -2.04. The molecule has 2 rings (SSSR count). The number of aliphatic hydroxyl groups is 1. The predicted molar refractivity (Wildman–Crippen MR) is 60.3 cm³/mol. The second-order valence-electron chi connectivity index (χ2n) is 3.25. The molecule has 0 bridgehead atoms. The van der Waals surface area contributed by atoms with Gasteiger partial charge < -0.3 is 9.52 Å². The van der Waals surface area contributed by atoms with Crippen molar-refractivity contribution in [1.82, 2.24) is 4.98 Å². The van der Waals surface area contributed by atoms with Gasteiger partial charge in [0.25, 0.3) is 0 Å². The molecule has 0 radical (unpaired) electrons. The zero-order valence-corrected chi connectivity index (χ0v) is 9.78. The van der Waals surface area contributed by atoms with Crippen LogP contribution in [0, 0.1) is 6.92 Å². The van der Waals surface area contributed by atoms with Crippen LogP contribution in [0.25, 0.3) is 11.3 Å². The summed E-state index contributed by atoms with van der Waals surface area (Å²) in [5, 5.41) is 9.09. The number of oxazole rings is 1. The minimum absolute atomic E-state index is 0.113. The molecule has 0 aliphatic heterocycles. The van der Waals surface area contributed by atoms with Crippen LogP contribution in [0.4, 0.5) is 0 Å². The maximum Gasteiger partial charge on any atom is 0.181 e. The van der Waals surface area contributed by atoms with E-state index < -0.39 is 0 Å². The van der Waals surface area contributed by atoms with E-state index in [1.807, 2.05) is 25.1 Å². The molecule has 0 fully saturated rings. The van der Waals surface area contributed by atoms with Gasteiger partial charge in [0.2, 0.25) is 0 Å². The summed E-state index contributed by atoms with van der Waals surface area (Å²) < 4.78 is 6.26. The van der Waals surface area contributed by atoms with Crippen molar-refractivity contribution >= 4 is 15.9 Å². The molecular weight excluding hydrogens is 258 g/mol. The van der Waals surface area contributed by atoms with Gasteiger partial charge >= 0.3 is 0 Å². The van der Waals surface area contributed by atoms with E-state index in [0.717, 1.165) is 15.6 Å². The highest BCUT2D eigenvalue weighted by Gasteiger charge is 2.12. The Bertz CT molecular complexity index is 479. The van der Waals surface area contributed by atoms with Crippen molar-refractivity contribution in [2.75, 3.05) is 0 Å². The van der Waals surface area contributed by atoms with Crippen molar-refractivity contribution in [3.63, 3.8) is 0 Å². The van der Waals surface area contributed by atoms with Crippen molar-refractivity contribution in [3.8, 4) is 11.3 Å². The van der Waals surface area contributed by atoms with Crippen LogP contribution in [-0.2, 0) is 6.61 Å². The van der Waals surface area contributed by atoms with Gasteiger partial charge in [-0.05, 0) is 24.6 Å². The SMILES string of the molecule is Cc1ccc(Br)cc1-c1ocnc1CO. The molecule has 2 aromatic rings. The molecule has 0 atom stereocenters. The summed E-state index contributed by atoms with van der Waals surface area (Å²) in [6.07, 6.45) is 1.35. The van der Waals surface area contributed by atoms with Crippen molar-refractivity contribution in [1.29, 1.82) is 0 Å².